The summed E-state index contributed by atoms with van der Waals surface area (Å²) in [6.07, 6.45) is 0. The fourth-order valence-corrected chi connectivity index (χ4v) is 2.53. The lowest BCUT2D eigenvalue weighted by atomic mass is 10.2. The second kappa shape index (κ2) is 7.31. The van der Waals surface area contributed by atoms with Gasteiger partial charge in [0.1, 0.15) is 0 Å². The summed E-state index contributed by atoms with van der Waals surface area (Å²) < 4.78 is 5.64. The third kappa shape index (κ3) is 4.08. The van der Waals surface area contributed by atoms with Crippen LogP contribution in [0.4, 0.5) is 0 Å². The summed E-state index contributed by atoms with van der Waals surface area (Å²) in [5, 5.41) is 8.79. The average molecular weight is 277 g/mol. The highest BCUT2D eigenvalue weighted by atomic mass is 32.2. The van der Waals surface area contributed by atoms with Crippen LogP contribution < -0.4 is 0 Å². The van der Waals surface area contributed by atoms with E-state index in [0.717, 1.165) is 31.0 Å². The quantitative estimate of drug-likeness (QED) is 0.727. The van der Waals surface area contributed by atoms with Gasteiger partial charge < -0.3 is 9.32 Å². The maximum atomic E-state index is 5.64. The van der Waals surface area contributed by atoms with Gasteiger partial charge >= 0.3 is 0 Å². The van der Waals surface area contributed by atoms with Crippen molar-refractivity contribution >= 4 is 11.8 Å². The van der Waals surface area contributed by atoms with Gasteiger partial charge in [-0.1, -0.05) is 43.8 Å². The Morgan fingerprint density at radius 1 is 1.11 bits per heavy atom. The van der Waals surface area contributed by atoms with Crippen molar-refractivity contribution in [2.24, 2.45) is 0 Å². The molecule has 2 aromatic rings. The van der Waals surface area contributed by atoms with Crippen molar-refractivity contribution in [1.82, 2.24) is 15.1 Å². The molecule has 0 amide bonds. The van der Waals surface area contributed by atoms with Crippen LogP contribution in [0.25, 0.3) is 11.5 Å². The summed E-state index contributed by atoms with van der Waals surface area (Å²) in [5.41, 5.74) is 0.964. The van der Waals surface area contributed by atoms with Gasteiger partial charge in [0.05, 0.1) is 0 Å². The van der Waals surface area contributed by atoms with Crippen LogP contribution in [0.15, 0.2) is 40.0 Å². The molecule has 1 aromatic heterocycles. The minimum atomic E-state index is 0.589. The van der Waals surface area contributed by atoms with Crippen molar-refractivity contribution < 1.29 is 4.42 Å². The first-order valence-electron chi connectivity index (χ1n) is 6.57. The first-order chi connectivity index (χ1) is 9.33. The van der Waals surface area contributed by atoms with Crippen LogP contribution in [0.3, 0.4) is 0 Å². The van der Waals surface area contributed by atoms with Crippen LogP contribution in [-0.2, 0) is 0 Å². The van der Waals surface area contributed by atoms with Gasteiger partial charge in [0.15, 0.2) is 0 Å². The SMILES string of the molecule is CCN(CC)CCSc1nnc(-c2ccccc2)o1. The van der Waals surface area contributed by atoms with Gasteiger partial charge in [0, 0.05) is 17.9 Å². The molecule has 0 spiro atoms. The highest BCUT2D eigenvalue weighted by molar-refractivity contribution is 7.99. The largest absolute Gasteiger partial charge is 0.411 e. The zero-order valence-corrected chi connectivity index (χ0v) is 12.2. The van der Waals surface area contributed by atoms with Gasteiger partial charge in [-0.25, -0.2) is 0 Å². The Hall–Kier alpha value is -1.33. The highest BCUT2D eigenvalue weighted by Crippen LogP contribution is 2.22. The van der Waals surface area contributed by atoms with Gasteiger partial charge in [-0.2, -0.15) is 0 Å². The number of aromatic nitrogens is 2. The van der Waals surface area contributed by atoms with Crippen LogP contribution in [-0.4, -0.2) is 40.5 Å². The van der Waals surface area contributed by atoms with Crippen molar-refractivity contribution in [3.05, 3.63) is 30.3 Å². The summed E-state index contributed by atoms with van der Waals surface area (Å²) in [4.78, 5) is 2.38. The molecular weight excluding hydrogens is 258 g/mol. The lowest BCUT2D eigenvalue weighted by molar-refractivity contribution is 0.323. The zero-order valence-electron chi connectivity index (χ0n) is 11.4. The third-order valence-corrected chi connectivity index (χ3v) is 3.75. The summed E-state index contributed by atoms with van der Waals surface area (Å²) in [6, 6.07) is 9.84. The summed E-state index contributed by atoms with van der Waals surface area (Å²) >= 11 is 1.61. The molecule has 4 nitrogen and oxygen atoms in total. The molecule has 0 aliphatic carbocycles. The van der Waals surface area contributed by atoms with E-state index in [1.807, 2.05) is 30.3 Å². The van der Waals surface area contributed by atoms with Crippen molar-refractivity contribution in [1.29, 1.82) is 0 Å². The first-order valence-corrected chi connectivity index (χ1v) is 7.56. The number of benzene rings is 1. The molecule has 2 rings (SSSR count). The van der Waals surface area contributed by atoms with Gasteiger partial charge in [0.25, 0.3) is 5.22 Å². The van der Waals surface area contributed by atoms with Crippen LogP contribution >= 0.6 is 11.8 Å². The van der Waals surface area contributed by atoms with E-state index in [9.17, 15) is 0 Å². The molecule has 0 atom stereocenters. The Balaban J connectivity index is 1.88. The smallest absolute Gasteiger partial charge is 0.276 e. The average Bonchev–Trinajstić information content (AvgIpc) is 2.93. The Kier molecular flexibility index (Phi) is 5.42. The maximum Gasteiger partial charge on any atom is 0.276 e. The van der Waals surface area contributed by atoms with E-state index >= 15 is 0 Å². The minimum Gasteiger partial charge on any atom is -0.411 e. The van der Waals surface area contributed by atoms with Gasteiger partial charge in [-0.15, -0.1) is 10.2 Å². The molecule has 102 valence electrons. The Bertz CT molecular complexity index is 482. The lowest BCUT2D eigenvalue weighted by Crippen LogP contribution is -2.25. The van der Waals surface area contributed by atoms with Crippen molar-refractivity contribution in [2.45, 2.75) is 19.1 Å². The van der Waals surface area contributed by atoms with Gasteiger partial charge in [0.2, 0.25) is 5.89 Å². The number of rotatable bonds is 7. The lowest BCUT2D eigenvalue weighted by Gasteiger charge is -2.16. The topological polar surface area (TPSA) is 42.2 Å². The van der Waals surface area contributed by atoms with Gasteiger partial charge in [-0.05, 0) is 25.2 Å². The van der Waals surface area contributed by atoms with E-state index in [-0.39, 0.29) is 0 Å². The van der Waals surface area contributed by atoms with Crippen molar-refractivity contribution in [2.75, 3.05) is 25.4 Å². The van der Waals surface area contributed by atoms with Crippen LogP contribution in [0.1, 0.15) is 13.8 Å². The summed E-state index contributed by atoms with van der Waals surface area (Å²) in [6.45, 7) is 7.55. The molecule has 0 saturated carbocycles. The standard InChI is InChI=1S/C14H19N3OS/c1-3-17(4-2)10-11-19-14-16-15-13(18-14)12-8-6-5-7-9-12/h5-9H,3-4,10-11H2,1-2H3. The minimum absolute atomic E-state index is 0.589. The monoisotopic (exact) mass is 277 g/mol. The van der Waals surface area contributed by atoms with E-state index in [4.69, 9.17) is 4.42 Å². The van der Waals surface area contributed by atoms with E-state index < -0.39 is 0 Å². The van der Waals surface area contributed by atoms with Crippen molar-refractivity contribution in [3.63, 3.8) is 0 Å². The molecule has 0 aliphatic heterocycles. The Labute approximate surface area is 118 Å². The molecule has 0 saturated heterocycles. The molecule has 0 radical (unpaired) electrons. The molecule has 1 heterocycles. The fourth-order valence-electron chi connectivity index (χ4n) is 1.77. The predicted octanol–water partition coefficient (Wildman–Crippen LogP) is 3.17. The summed E-state index contributed by atoms with van der Waals surface area (Å²) in [5.74, 6) is 1.56. The highest BCUT2D eigenvalue weighted by Gasteiger charge is 2.08. The Morgan fingerprint density at radius 3 is 2.53 bits per heavy atom. The molecular formula is C14H19N3OS. The molecule has 0 aliphatic rings. The number of hydrogen-bond donors (Lipinski definition) is 0. The summed E-state index contributed by atoms with van der Waals surface area (Å²) in [7, 11) is 0. The van der Waals surface area contributed by atoms with Crippen LogP contribution in [0.5, 0.6) is 0 Å². The maximum absolute atomic E-state index is 5.64. The second-order valence-corrected chi connectivity index (χ2v) is 5.16. The molecule has 0 N–H and O–H groups in total. The van der Waals surface area contributed by atoms with E-state index in [0.29, 0.717) is 11.1 Å². The zero-order chi connectivity index (χ0) is 13.5. The van der Waals surface area contributed by atoms with Crippen LogP contribution in [0.2, 0.25) is 0 Å². The van der Waals surface area contributed by atoms with E-state index in [1.165, 1.54) is 0 Å². The fraction of sp³-hybridized carbons (Fsp3) is 0.429. The number of nitrogens with zero attached hydrogens (tertiary/aromatic N) is 3. The molecule has 19 heavy (non-hydrogen) atoms. The van der Waals surface area contributed by atoms with E-state index in [1.54, 1.807) is 11.8 Å². The Morgan fingerprint density at radius 2 is 1.84 bits per heavy atom. The molecule has 0 fully saturated rings. The predicted molar refractivity (Wildman–Crippen MR) is 78.2 cm³/mol. The molecule has 5 heteroatoms. The molecule has 1 aromatic carbocycles. The third-order valence-electron chi connectivity index (χ3n) is 2.95. The normalized spacial score (nSPS) is 11.1. The number of thioether (sulfide) groups is 1. The first kappa shape index (κ1) is 14.1. The van der Waals surface area contributed by atoms with Gasteiger partial charge in [-0.3, -0.25) is 0 Å². The van der Waals surface area contributed by atoms with Crippen molar-refractivity contribution in [3.8, 4) is 11.5 Å². The number of hydrogen-bond acceptors (Lipinski definition) is 5. The second-order valence-electron chi connectivity index (χ2n) is 4.11. The molecule has 0 unspecified atom stereocenters. The van der Waals surface area contributed by atoms with E-state index in [2.05, 4.69) is 28.9 Å². The van der Waals surface area contributed by atoms with Crippen LogP contribution in [0, 0.1) is 0 Å². The molecule has 0 bridgehead atoms.